The third-order valence-corrected chi connectivity index (χ3v) is 3.20. The lowest BCUT2D eigenvalue weighted by Crippen LogP contribution is -2.45. The van der Waals surface area contributed by atoms with Gasteiger partial charge in [0, 0.05) is 19.1 Å². The zero-order chi connectivity index (χ0) is 13.8. The zero-order valence-corrected chi connectivity index (χ0v) is 11.0. The minimum absolute atomic E-state index is 0.0860. The van der Waals surface area contributed by atoms with Gasteiger partial charge in [-0.15, -0.1) is 0 Å². The molecule has 0 spiro atoms. The standard InChI is InChI=1S/C12H22N2O4/c1-9(8-10(15)16)13-11(17)14-6-3-4-12(2,18)5-7-14/h9,18H,3-8H2,1-2H3,(H,13,17)(H,15,16). The van der Waals surface area contributed by atoms with Crippen molar-refractivity contribution >= 4 is 12.0 Å². The Balaban J connectivity index is 2.44. The van der Waals surface area contributed by atoms with Gasteiger partial charge in [-0.25, -0.2) is 4.79 Å². The fourth-order valence-electron chi connectivity index (χ4n) is 2.08. The number of carboxylic acids is 1. The predicted molar refractivity (Wildman–Crippen MR) is 66.3 cm³/mol. The van der Waals surface area contributed by atoms with E-state index in [1.165, 1.54) is 0 Å². The summed E-state index contributed by atoms with van der Waals surface area (Å²) in [5.41, 5.74) is -0.707. The van der Waals surface area contributed by atoms with Crippen LogP contribution < -0.4 is 5.32 Å². The molecule has 18 heavy (non-hydrogen) atoms. The van der Waals surface area contributed by atoms with Gasteiger partial charge in [0.25, 0.3) is 0 Å². The van der Waals surface area contributed by atoms with Crippen molar-refractivity contribution in [3.63, 3.8) is 0 Å². The molecule has 1 aliphatic heterocycles. The molecule has 0 aliphatic carbocycles. The zero-order valence-electron chi connectivity index (χ0n) is 11.0. The van der Waals surface area contributed by atoms with Crippen LogP contribution in [0.5, 0.6) is 0 Å². The summed E-state index contributed by atoms with van der Waals surface area (Å²) in [4.78, 5) is 24.0. The molecule has 1 aliphatic rings. The first-order chi connectivity index (χ1) is 8.30. The maximum Gasteiger partial charge on any atom is 0.317 e. The third-order valence-electron chi connectivity index (χ3n) is 3.20. The van der Waals surface area contributed by atoms with Gasteiger partial charge in [-0.2, -0.15) is 0 Å². The molecule has 6 heteroatoms. The van der Waals surface area contributed by atoms with Crippen molar-refractivity contribution in [1.29, 1.82) is 0 Å². The molecule has 1 rings (SSSR count). The summed E-state index contributed by atoms with van der Waals surface area (Å²) in [5.74, 6) is -0.929. The number of nitrogens with zero attached hydrogens (tertiary/aromatic N) is 1. The Morgan fingerprint density at radius 3 is 2.67 bits per heavy atom. The number of carbonyl (C=O) groups is 2. The van der Waals surface area contributed by atoms with E-state index >= 15 is 0 Å². The fourth-order valence-corrected chi connectivity index (χ4v) is 2.08. The van der Waals surface area contributed by atoms with Gasteiger partial charge in [-0.1, -0.05) is 0 Å². The number of hydrogen-bond acceptors (Lipinski definition) is 3. The second-order valence-electron chi connectivity index (χ2n) is 5.29. The van der Waals surface area contributed by atoms with E-state index < -0.39 is 17.6 Å². The average molecular weight is 258 g/mol. The van der Waals surface area contributed by atoms with Crippen LogP contribution >= 0.6 is 0 Å². The highest BCUT2D eigenvalue weighted by atomic mass is 16.4. The van der Waals surface area contributed by atoms with Crippen LogP contribution in [-0.2, 0) is 4.79 Å². The minimum Gasteiger partial charge on any atom is -0.481 e. The molecule has 0 aromatic carbocycles. The van der Waals surface area contributed by atoms with Crippen LogP contribution in [-0.4, -0.2) is 51.8 Å². The Hall–Kier alpha value is -1.30. The number of aliphatic hydroxyl groups is 1. The highest BCUT2D eigenvalue weighted by Gasteiger charge is 2.27. The Bertz CT molecular complexity index is 317. The van der Waals surface area contributed by atoms with Crippen LogP contribution in [0.2, 0.25) is 0 Å². The Morgan fingerprint density at radius 1 is 1.39 bits per heavy atom. The molecule has 1 heterocycles. The number of likely N-dealkylation sites (tertiary alicyclic amines) is 1. The molecule has 2 unspecified atom stereocenters. The van der Waals surface area contributed by atoms with Crippen molar-refractivity contribution in [2.24, 2.45) is 0 Å². The molecule has 0 bridgehead atoms. The van der Waals surface area contributed by atoms with E-state index in [0.717, 1.165) is 6.42 Å². The average Bonchev–Trinajstić information content (AvgIpc) is 2.37. The smallest absolute Gasteiger partial charge is 0.317 e. The number of nitrogens with one attached hydrogen (secondary N) is 1. The highest BCUT2D eigenvalue weighted by Crippen LogP contribution is 2.21. The first kappa shape index (κ1) is 14.8. The van der Waals surface area contributed by atoms with E-state index in [-0.39, 0.29) is 12.5 Å². The van der Waals surface area contributed by atoms with Gasteiger partial charge >= 0.3 is 12.0 Å². The number of urea groups is 1. The van der Waals surface area contributed by atoms with Gasteiger partial charge in [-0.3, -0.25) is 4.79 Å². The first-order valence-electron chi connectivity index (χ1n) is 6.30. The summed E-state index contributed by atoms with van der Waals surface area (Å²) in [6.45, 7) is 4.54. The van der Waals surface area contributed by atoms with Crippen LogP contribution in [0, 0.1) is 0 Å². The van der Waals surface area contributed by atoms with Gasteiger partial charge in [0.1, 0.15) is 0 Å². The molecule has 0 aromatic rings. The third kappa shape index (κ3) is 4.91. The van der Waals surface area contributed by atoms with Gasteiger partial charge in [0.05, 0.1) is 12.0 Å². The molecule has 1 fully saturated rings. The largest absolute Gasteiger partial charge is 0.481 e. The molecule has 0 radical (unpaired) electrons. The number of amides is 2. The molecule has 6 nitrogen and oxygen atoms in total. The maximum atomic E-state index is 11.9. The lowest BCUT2D eigenvalue weighted by atomic mass is 9.98. The quantitative estimate of drug-likeness (QED) is 0.698. The second-order valence-corrected chi connectivity index (χ2v) is 5.29. The molecule has 0 saturated carbocycles. The Kier molecular flexibility index (Phi) is 4.95. The molecule has 104 valence electrons. The van der Waals surface area contributed by atoms with E-state index in [4.69, 9.17) is 5.11 Å². The SMILES string of the molecule is CC(CC(=O)O)NC(=O)N1CCCC(C)(O)CC1. The molecule has 0 aromatic heterocycles. The van der Waals surface area contributed by atoms with E-state index in [1.54, 1.807) is 18.7 Å². The van der Waals surface area contributed by atoms with E-state index in [1.807, 2.05) is 0 Å². The fraction of sp³-hybridized carbons (Fsp3) is 0.833. The van der Waals surface area contributed by atoms with Crippen molar-refractivity contribution in [3.8, 4) is 0 Å². The number of carboxylic acid groups (broad SMARTS) is 1. The lowest BCUT2D eigenvalue weighted by molar-refractivity contribution is -0.137. The summed E-state index contributed by atoms with van der Waals surface area (Å²) >= 11 is 0. The number of carbonyl (C=O) groups excluding carboxylic acids is 1. The van der Waals surface area contributed by atoms with Gasteiger partial charge < -0.3 is 20.4 Å². The first-order valence-corrected chi connectivity index (χ1v) is 6.30. The summed E-state index contributed by atoms with van der Waals surface area (Å²) in [7, 11) is 0. The van der Waals surface area contributed by atoms with Crippen molar-refractivity contribution in [2.45, 2.75) is 51.2 Å². The normalized spacial score (nSPS) is 26.3. The lowest BCUT2D eigenvalue weighted by Gasteiger charge is -2.24. The van der Waals surface area contributed by atoms with Gasteiger partial charge in [0.2, 0.25) is 0 Å². The minimum atomic E-state index is -0.929. The van der Waals surface area contributed by atoms with E-state index in [0.29, 0.717) is 25.9 Å². The molecule has 2 amide bonds. The molecule has 3 N–H and O–H groups in total. The Morgan fingerprint density at radius 2 is 2.06 bits per heavy atom. The Labute approximate surface area is 107 Å². The summed E-state index contributed by atoms with van der Waals surface area (Å²) in [6.07, 6.45) is 1.90. The van der Waals surface area contributed by atoms with Crippen molar-refractivity contribution in [2.75, 3.05) is 13.1 Å². The van der Waals surface area contributed by atoms with Crippen LogP contribution in [0.4, 0.5) is 4.79 Å². The monoisotopic (exact) mass is 258 g/mol. The van der Waals surface area contributed by atoms with E-state index in [2.05, 4.69) is 5.32 Å². The number of rotatable bonds is 3. The summed E-state index contributed by atoms with van der Waals surface area (Å²) < 4.78 is 0. The number of aliphatic carboxylic acids is 1. The summed E-state index contributed by atoms with van der Waals surface area (Å²) in [5, 5.41) is 21.2. The molecule has 2 atom stereocenters. The van der Waals surface area contributed by atoms with Crippen LogP contribution in [0.3, 0.4) is 0 Å². The second kappa shape index (κ2) is 6.04. The molecule has 1 saturated heterocycles. The predicted octanol–water partition coefficient (Wildman–Crippen LogP) is 0.796. The number of hydrogen-bond donors (Lipinski definition) is 3. The van der Waals surface area contributed by atoms with Gasteiger partial charge in [0.15, 0.2) is 0 Å². The van der Waals surface area contributed by atoms with Crippen LogP contribution in [0.15, 0.2) is 0 Å². The summed E-state index contributed by atoms with van der Waals surface area (Å²) in [6, 6.07) is -0.639. The van der Waals surface area contributed by atoms with Gasteiger partial charge in [-0.05, 0) is 33.1 Å². The molecular weight excluding hydrogens is 236 g/mol. The van der Waals surface area contributed by atoms with E-state index in [9.17, 15) is 14.7 Å². The topological polar surface area (TPSA) is 89.9 Å². The van der Waals surface area contributed by atoms with Crippen molar-refractivity contribution in [1.82, 2.24) is 10.2 Å². The van der Waals surface area contributed by atoms with Crippen molar-refractivity contribution in [3.05, 3.63) is 0 Å². The van der Waals surface area contributed by atoms with Crippen molar-refractivity contribution < 1.29 is 19.8 Å². The van der Waals surface area contributed by atoms with Crippen LogP contribution in [0.25, 0.3) is 0 Å². The maximum absolute atomic E-state index is 11.9. The van der Waals surface area contributed by atoms with Crippen LogP contribution in [0.1, 0.15) is 39.5 Å². The highest BCUT2D eigenvalue weighted by molar-refractivity contribution is 5.75. The molecular formula is C12H22N2O4.